The number of para-hydroxylation sites is 1. The van der Waals surface area contributed by atoms with Crippen LogP contribution in [0.3, 0.4) is 0 Å². The molecule has 2 heterocycles. The molecule has 1 aliphatic heterocycles. The summed E-state index contributed by atoms with van der Waals surface area (Å²) in [5.41, 5.74) is 2.48. The lowest BCUT2D eigenvalue weighted by Crippen LogP contribution is -2.49. The average molecular weight is 278 g/mol. The number of fused-ring (bicyclic) bond motifs is 1. The van der Waals surface area contributed by atoms with Gasteiger partial charge in [0.25, 0.3) is 0 Å². The van der Waals surface area contributed by atoms with E-state index in [2.05, 4.69) is 46.4 Å². The lowest BCUT2D eigenvalue weighted by molar-refractivity contribution is 0.166. The Morgan fingerprint density at radius 3 is 3.00 bits per heavy atom. The van der Waals surface area contributed by atoms with E-state index in [9.17, 15) is 0 Å². The van der Waals surface area contributed by atoms with Crippen LogP contribution >= 0.6 is 12.4 Å². The van der Waals surface area contributed by atoms with E-state index < -0.39 is 0 Å². The fourth-order valence-corrected chi connectivity index (χ4v) is 2.63. The molecule has 0 bridgehead atoms. The molecule has 3 nitrogen and oxygen atoms in total. The minimum Gasteiger partial charge on any atom is -0.314 e. The number of piperazine rings is 1. The molecule has 0 spiro atoms. The van der Waals surface area contributed by atoms with Crippen LogP contribution in [0, 0.1) is 0 Å². The second kappa shape index (κ2) is 6.33. The normalized spacial score (nSPS) is 20.2. The van der Waals surface area contributed by atoms with Crippen LogP contribution in [0.5, 0.6) is 0 Å². The highest BCUT2D eigenvalue weighted by Crippen LogP contribution is 2.19. The zero-order valence-electron chi connectivity index (χ0n) is 11.2. The number of hydrogen-bond donors (Lipinski definition) is 1. The first-order chi connectivity index (χ1) is 8.84. The molecule has 4 heteroatoms. The maximum atomic E-state index is 4.53. The summed E-state index contributed by atoms with van der Waals surface area (Å²) in [6.07, 6.45) is 1.88. The summed E-state index contributed by atoms with van der Waals surface area (Å²) in [6.45, 7) is 6.56. The fourth-order valence-electron chi connectivity index (χ4n) is 2.63. The topological polar surface area (TPSA) is 28.2 Å². The number of nitrogens with one attached hydrogen (secondary N) is 1. The Morgan fingerprint density at radius 2 is 2.16 bits per heavy atom. The van der Waals surface area contributed by atoms with Gasteiger partial charge in [0.15, 0.2) is 0 Å². The van der Waals surface area contributed by atoms with Crippen molar-refractivity contribution in [3.05, 3.63) is 42.1 Å². The minimum absolute atomic E-state index is 0. The van der Waals surface area contributed by atoms with Crippen molar-refractivity contribution in [1.82, 2.24) is 15.2 Å². The lowest BCUT2D eigenvalue weighted by atomic mass is 10.1. The summed E-state index contributed by atoms with van der Waals surface area (Å²) in [5.74, 6) is 0. The number of benzene rings is 1. The summed E-state index contributed by atoms with van der Waals surface area (Å²) in [4.78, 5) is 7.06. The summed E-state index contributed by atoms with van der Waals surface area (Å²) in [5, 5.41) is 4.66. The Kier molecular flexibility index (Phi) is 4.75. The van der Waals surface area contributed by atoms with Gasteiger partial charge in [-0.05, 0) is 18.6 Å². The van der Waals surface area contributed by atoms with Gasteiger partial charge in [0.05, 0.1) is 5.52 Å². The van der Waals surface area contributed by atoms with Gasteiger partial charge in [-0.3, -0.25) is 9.88 Å². The molecule has 1 aliphatic rings. The molecule has 0 radical (unpaired) electrons. The Morgan fingerprint density at radius 1 is 1.32 bits per heavy atom. The molecule has 1 aromatic heterocycles. The molecule has 0 saturated carbocycles. The van der Waals surface area contributed by atoms with Crippen LogP contribution in [0.15, 0.2) is 36.5 Å². The molecule has 3 rings (SSSR count). The second-order valence-electron chi connectivity index (χ2n) is 5.02. The smallest absolute Gasteiger partial charge is 0.0746 e. The first kappa shape index (κ1) is 14.3. The molecule has 0 amide bonds. The third-order valence-electron chi connectivity index (χ3n) is 3.73. The number of nitrogens with zero attached hydrogens (tertiary/aromatic N) is 2. The summed E-state index contributed by atoms with van der Waals surface area (Å²) >= 11 is 0. The molecule has 2 aromatic rings. The van der Waals surface area contributed by atoms with Crippen molar-refractivity contribution in [2.45, 2.75) is 19.5 Å². The summed E-state index contributed by atoms with van der Waals surface area (Å²) in [7, 11) is 0. The maximum absolute atomic E-state index is 4.53. The van der Waals surface area contributed by atoms with E-state index in [1.807, 2.05) is 12.3 Å². The number of pyridine rings is 1. The van der Waals surface area contributed by atoms with Crippen molar-refractivity contribution in [2.75, 3.05) is 19.6 Å². The van der Waals surface area contributed by atoms with Gasteiger partial charge in [-0.25, -0.2) is 0 Å². The van der Waals surface area contributed by atoms with Gasteiger partial charge in [0.2, 0.25) is 0 Å². The molecule has 19 heavy (non-hydrogen) atoms. The van der Waals surface area contributed by atoms with E-state index in [1.165, 1.54) is 10.9 Å². The zero-order chi connectivity index (χ0) is 12.4. The highest BCUT2D eigenvalue weighted by molar-refractivity contribution is 5.85. The van der Waals surface area contributed by atoms with E-state index in [4.69, 9.17) is 0 Å². The molecular formula is C15H20ClN3. The molecule has 1 aromatic carbocycles. The predicted molar refractivity (Wildman–Crippen MR) is 81.7 cm³/mol. The fraction of sp³-hybridized carbons (Fsp3) is 0.400. The maximum Gasteiger partial charge on any atom is 0.0746 e. The zero-order valence-corrected chi connectivity index (χ0v) is 12.0. The van der Waals surface area contributed by atoms with Crippen molar-refractivity contribution in [2.24, 2.45) is 0 Å². The molecule has 1 N–H and O–H groups in total. The molecule has 1 fully saturated rings. The van der Waals surface area contributed by atoms with Crippen LogP contribution < -0.4 is 5.32 Å². The van der Waals surface area contributed by atoms with Crippen molar-refractivity contribution < 1.29 is 0 Å². The van der Waals surface area contributed by atoms with E-state index >= 15 is 0 Å². The molecule has 1 saturated heterocycles. The van der Waals surface area contributed by atoms with Gasteiger partial charge in [-0.15, -0.1) is 12.4 Å². The van der Waals surface area contributed by atoms with Crippen molar-refractivity contribution in [3.8, 4) is 0 Å². The van der Waals surface area contributed by atoms with Crippen LogP contribution in [0.4, 0.5) is 0 Å². The third kappa shape index (κ3) is 3.06. The molecule has 102 valence electrons. The molecule has 1 atom stereocenters. The highest BCUT2D eigenvalue weighted by atomic mass is 35.5. The van der Waals surface area contributed by atoms with E-state index in [-0.39, 0.29) is 12.4 Å². The lowest BCUT2D eigenvalue weighted by Gasteiger charge is -2.34. The Hall–Kier alpha value is -1.16. The summed E-state index contributed by atoms with van der Waals surface area (Å²) < 4.78 is 0. The largest absolute Gasteiger partial charge is 0.314 e. The van der Waals surface area contributed by atoms with Crippen LogP contribution in [0.1, 0.15) is 12.5 Å². The Labute approximate surface area is 120 Å². The second-order valence-corrected chi connectivity index (χ2v) is 5.02. The van der Waals surface area contributed by atoms with Crippen LogP contribution in [0.25, 0.3) is 10.9 Å². The van der Waals surface area contributed by atoms with E-state index in [0.717, 1.165) is 31.7 Å². The van der Waals surface area contributed by atoms with Gasteiger partial charge in [0, 0.05) is 43.8 Å². The van der Waals surface area contributed by atoms with E-state index in [0.29, 0.717) is 6.04 Å². The SMILES string of the molecule is CC1CNCCN1Cc1cccc2cccnc12.Cl. The first-order valence-electron chi connectivity index (χ1n) is 6.62. The van der Waals surface area contributed by atoms with Gasteiger partial charge in [-0.2, -0.15) is 0 Å². The van der Waals surface area contributed by atoms with Gasteiger partial charge in [-0.1, -0.05) is 24.3 Å². The molecule has 1 unspecified atom stereocenters. The Balaban J connectivity index is 0.00000133. The molecule has 0 aliphatic carbocycles. The van der Waals surface area contributed by atoms with Crippen LogP contribution in [-0.2, 0) is 6.54 Å². The van der Waals surface area contributed by atoms with Crippen molar-refractivity contribution >= 4 is 23.3 Å². The predicted octanol–water partition coefficient (Wildman–Crippen LogP) is 2.45. The first-order valence-corrected chi connectivity index (χ1v) is 6.62. The van der Waals surface area contributed by atoms with Crippen LogP contribution in [0.2, 0.25) is 0 Å². The van der Waals surface area contributed by atoms with Crippen molar-refractivity contribution in [1.29, 1.82) is 0 Å². The Bertz CT molecular complexity index is 538. The monoisotopic (exact) mass is 277 g/mol. The number of rotatable bonds is 2. The highest BCUT2D eigenvalue weighted by Gasteiger charge is 2.18. The number of hydrogen-bond acceptors (Lipinski definition) is 3. The average Bonchev–Trinajstić information content (AvgIpc) is 2.42. The van der Waals surface area contributed by atoms with Gasteiger partial charge in [0.1, 0.15) is 0 Å². The minimum atomic E-state index is 0. The van der Waals surface area contributed by atoms with Gasteiger partial charge < -0.3 is 5.32 Å². The molecular weight excluding hydrogens is 258 g/mol. The third-order valence-corrected chi connectivity index (χ3v) is 3.73. The quantitative estimate of drug-likeness (QED) is 0.914. The van der Waals surface area contributed by atoms with Crippen molar-refractivity contribution in [3.63, 3.8) is 0 Å². The van der Waals surface area contributed by atoms with Gasteiger partial charge >= 0.3 is 0 Å². The standard InChI is InChI=1S/C15H19N3.ClH/c1-12-10-16-8-9-18(12)11-14-5-2-4-13-6-3-7-17-15(13)14;/h2-7,12,16H,8-11H2,1H3;1H. The summed E-state index contributed by atoms with van der Waals surface area (Å²) in [6, 6.07) is 11.2. The number of aromatic nitrogens is 1. The number of halogens is 1. The van der Waals surface area contributed by atoms with Crippen LogP contribution in [-0.4, -0.2) is 35.6 Å². The van der Waals surface area contributed by atoms with E-state index in [1.54, 1.807) is 0 Å².